The molecule has 0 radical (unpaired) electrons. The number of amides is 1. The number of carboxylic acids is 1. The normalized spacial score (nSPS) is 11.0. The topological polar surface area (TPSA) is 66.4 Å². The highest BCUT2D eigenvalue weighted by Gasteiger charge is 2.09. The van der Waals surface area contributed by atoms with E-state index >= 15 is 0 Å². The van der Waals surface area contributed by atoms with Gasteiger partial charge in [-0.15, -0.1) is 11.3 Å². The van der Waals surface area contributed by atoms with Gasteiger partial charge in [0, 0.05) is 23.6 Å². The number of aromatic carboxylic acids is 1. The van der Waals surface area contributed by atoms with Crippen molar-refractivity contribution in [1.29, 1.82) is 0 Å². The Labute approximate surface area is 114 Å². The molecule has 0 fully saturated rings. The quantitative estimate of drug-likeness (QED) is 0.901. The summed E-state index contributed by atoms with van der Waals surface area (Å²) >= 11 is 1.26. The molecule has 0 saturated heterocycles. The van der Waals surface area contributed by atoms with Crippen LogP contribution < -0.4 is 5.32 Å². The first-order valence-electron chi connectivity index (χ1n) is 5.75. The molecule has 2 N–H and O–H groups in total. The van der Waals surface area contributed by atoms with E-state index in [9.17, 15) is 9.59 Å². The second-order valence-corrected chi connectivity index (χ2v) is 5.10. The molecular formula is C14H13NO3S. The molecule has 0 aliphatic carbocycles. The van der Waals surface area contributed by atoms with Crippen molar-refractivity contribution in [2.45, 2.75) is 6.92 Å². The number of carbonyl (C=O) groups excluding carboxylic acids is 1. The zero-order valence-electron chi connectivity index (χ0n) is 10.3. The summed E-state index contributed by atoms with van der Waals surface area (Å²) in [6.45, 7) is 1.92. The van der Waals surface area contributed by atoms with Crippen LogP contribution in [0.3, 0.4) is 0 Å². The van der Waals surface area contributed by atoms with Gasteiger partial charge in [-0.05, 0) is 17.7 Å². The van der Waals surface area contributed by atoms with Crippen LogP contribution >= 0.6 is 11.3 Å². The van der Waals surface area contributed by atoms with E-state index in [2.05, 4.69) is 5.32 Å². The zero-order valence-corrected chi connectivity index (χ0v) is 11.2. The Morgan fingerprint density at radius 3 is 2.89 bits per heavy atom. The summed E-state index contributed by atoms with van der Waals surface area (Å²) in [5.74, 6) is -0.985. The largest absolute Gasteiger partial charge is 0.477 e. The fraction of sp³-hybridized carbons (Fsp3) is 0.143. The minimum absolute atomic E-state index is 0.0773. The van der Waals surface area contributed by atoms with Gasteiger partial charge in [-0.1, -0.05) is 24.3 Å². The van der Waals surface area contributed by atoms with Gasteiger partial charge in [-0.25, -0.2) is 4.79 Å². The lowest BCUT2D eigenvalue weighted by Gasteiger charge is -1.97. The maximum atomic E-state index is 11.0. The first-order valence-corrected chi connectivity index (χ1v) is 6.56. The number of benzene rings is 1. The Hall–Kier alpha value is -2.14. The molecule has 0 aliphatic heterocycles. The molecule has 0 atom stereocenters. The molecule has 98 valence electrons. The molecular weight excluding hydrogens is 262 g/mol. The summed E-state index contributed by atoms with van der Waals surface area (Å²) in [6, 6.07) is 7.39. The molecule has 2 rings (SSSR count). The van der Waals surface area contributed by atoms with Gasteiger partial charge in [0.25, 0.3) is 0 Å². The predicted molar refractivity (Wildman–Crippen MR) is 76.5 cm³/mol. The number of hydrogen-bond acceptors (Lipinski definition) is 3. The van der Waals surface area contributed by atoms with Crippen LogP contribution in [0.5, 0.6) is 0 Å². The highest BCUT2D eigenvalue weighted by Crippen LogP contribution is 2.29. The number of carboxylic acid groups (broad SMARTS) is 1. The SMILES string of the molecule is CC(=O)NCC=Cc1cccc2sc(C(=O)O)cc12. The van der Waals surface area contributed by atoms with E-state index in [1.807, 2.05) is 30.4 Å². The molecule has 5 heteroatoms. The van der Waals surface area contributed by atoms with Crippen molar-refractivity contribution in [2.75, 3.05) is 6.54 Å². The van der Waals surface area contributed by atoms with E-state index in [1.165, 1.54) is 18.3 Å². The van der Waals surface area contributed by atoms with Gasteiger partial charge in [-0.3, -0.25) is 4.79 Å². The van der Waals surface area contributed by atoms with Gasteiger partial charge in [0.05, 0.1) is 0 Å². The standard InChI is InChI=1S/C14H13NO3S/c1-9(16)15-7-3-5-10-4-2-6-12-11(10)8-13(19-12)14(17)18/h2-6,8H,7H2,1H3,(H,15,16)(H,17,18). The van der Waals surface area contributed by atoms with E-state index in [4.69, 9.17) is 5.11 Å². The van der Waals surface area contributed by atoms with Crippen LogP contribution in [-0.2, 0) is 4.79 Å². The Morgan fingerprint density at radius 1 is 1.42 bits per heavy atom. The molecule has 1 heterocycles. The van der Waals surface area contributed by atoms with Crippen molar-refractivity contribution in [3.8, 4) is 0 Å². The van der Waals surface area contributed by atoms with Gasteiger partial charge < -0.3 is 10.4 Å². The third-order valence-corrected chi connectivity index (χ3v) is 3.66. The van der Waals surface area contributed by atoms with Crippen LogP contribution in [-0.4, -0.2) is 23.5 Å². The van der Waals surface area contributed by atoms with Crippen molar-refractivity contribution in [2.24, 2.45) is 0 Å². The first-order chi connectivity index (χ1) is 9.08. The Kier molecular flexibility index (Phi) is 3.97. The molecule has 1 aromatic heterocycles. The van der Waals surface area contributed by atoms with Crippen molar-refractivity contribution in [3.63, 3.8) is 0 Å². The lowest BCUT2D eigenvalue weighted by molar-refractivity contribution is -0.118. The maximum absolute atomic E-state index is 11.0. The molecule has 0 unspecified atom stereocenters. The van der Waals surface area contributed by atoms with E-state index in [1.54, 1.807) is 6.07 Å². The Bertz CT molecular complexity index is 658. The number of rotatable bonds is 4. The lowest BCUT2D eigenvalue weighted by atomic mass is 10.1. The average Bonchev–Trinajstić information content (AvgIpc) is 2.79. The third-order valence-electron chi connectivity index (χ3n) is 2.57. The summed E-state index contributed by atoms with van der Waals surface area (Å²) in [7, 11) is 0. The van der Waals surface area contributed by atoms with Crippen molar-refractivity contribution < 1.29 is 14.7 Å². The number of nitrogens with one attached hydrogen (secondary N) is 1. The number of hydrogen-bond donors (Lipinski definition) is 2. The van der Waals surface area contributed by atoms with Crippen LogP contribution in [0.2, 0.25) is 0 Å². The highest BCUT2D eigenvalue weighted by atomic mass is 32.1. The maximum Gasteiger partial charge on any atom is 0.345 e. The lowest BCUT2D eigenvalue weighted by Crippen LogP contribution is -2.19. The predicted octanol–water partition coefficient (Wildman–Crippen LogP) is 2.75. The summed E-state index contributed by atoms with van der Waals surface area (Å²) in [5.41, 5.74) is 0.951. The van der Waals surface area contributed by atoms with Crippen LogP contribution in [0.25, 0.3) is 16.2 Å². The smallest absolute Gasteiger partial charge is 0.345 e. The number of carbonyl (C=O) groups is 2. The molecule has 0 saturated carbocycles. The van der Waals surface area contributed by atoms with E-state index < -0.39 is 5.97 Å². The molecule has 1 aromatic carbocycles. The van der Waals surface area contributed by atoms with Gasteiger partial charge in [-0.2, -0.15) is 0 Å². The van der Waals surface area contributed by atoms with E-state index in [0.717, 1.165) is 15.6 Å². The number of thiophene rings is 1. The minimum Gasteiger partial charge on any atom is -0.477 e. The van der Waals surface area contributed by atoms with Gasteiger partial charge in [0.15, 0.2) is 0 Å². The van der Waals surface area contributed by atoms with Gasteiger partial charge >= 0.3 is 5.97 Å². The second kappa shape index (κ2) is 5.67. The van der Waals surface area contributed by atoms with Crippen molar-refractivity contribution >= 4 is 39.4 Å². The molecule has 4 nitrogen and oxygen atoms in total. The van der Waals surface area contributed by atoms with Crippen LogP contribution in [0, 0.1) is 0 Å². The molecule has 19 heavy (non-hydrogen) atoms. The van der Waals surface area contributed by atoms with Gasteiger partial charge in [0.1, 0.15) is 4.88 Å². The Morgan fingerprint density at radius 2 is 2.21 bits per heavy atom. The van der Waals surface area contributed by atoms with E-state index in [0.29, 0.717) is 11.4 Å². The highest BCUT2D eigenvalue weighted by molar-refractivity contribution is 7.20. The number of fused-ring (bicyclic) bond motifs is 1. The van der Waals surface area contributed by atoms with Crippen molar-refractivity contribution in [3.05, 3.63) is 40.8 Å². The summed E-state index contributed by atoms with van der Waals surface area (Å²) < 4.78 is 0.944. The molecule has 0 aliphatic rings. The average molecular weight is 275 g/mol. The summed E-state index contributed by atoms with van der Waals surface area (Å²) in [5, 5.41) is 12.6. The summed E-state index contributed by atoms with van der Waals surface area (Å²) in [4.78, 5) is 22.0. The zero-order chi connectivity index (χ0) is 13.8. The van der Waals surface area contributed by atoms with Crippen LogP contribution in [0.1, 0.15) is 22.2 Å². The fourth-order valence-corrected chi connectivity index (χ4v) is 2.66. The molecule has 0 bridgehead atoms. The van der Waals surface area contributed by atoms with Gasteiger partial charge in [0.2, 0.25) is 5.91 Å². The fourth-order valence-electron chi connectivity index (χ4n) is 1.72. The summed E-state index contributed by atoms with van der Waals surface area (Å²) in [6.07, 6.45) is 3.73. The monoisotopic (exact) mass is 275 g/mol. The third kappa shape index (κ3) is 3.20. The second-order valence-electron chi connectivity index (χ2n) is 4.01. The minimum atomic E-state index is -0.908. The van der Waals surface area contributed by atoms with E-state index in [-0.39, 0.29) is 5.91 Å². The molecule has 0 spiro atoms. The van der Waals surface area contributed by atoms with Crippen LogP contribution in [0.4, 0.5) is 0 Å². The molecule has 1 amide bonds. The van der Waals surface area contributed by atoms with Crippen molar-refractivity contribution in [1.82, 2.24) is 5.32 Å². The first kappa shape index (κ1) is 13.3. The Balaban J connectivity index is 2.27. The van der Waals surface area contributed by atoms with Crippen LogP contribution in [0.15, 0.2) is 30.3 Å². The molecule has 2 aromatic rings.